The second-order valence-electron chi connectivity index (χ2n) is 6.76. The molecule has 1 aliphatic rings. The number of hydrogen-bond acceptors (Lipinski definition) is 3. The highest BCUT2D eigenvalue weighted by molar-refractivity contribution is 5.55. The third kappa shape index (κ3) is 5.53. The maximum absolute atomic E-state index is 10.3. The molecule has 1 aromatic carbocycles. The smallest absolute Gasteiger partial charge is 0.161 e. The lowest BCUT2D eigenvalue weighted by Crippen LogP contribution is -3.14. The van der Waals surface area contributed by atoms with Gasteiger partial charge in [0.15, 0.2) is 11.5 Å². The quantitative estimate of drug-likeness (QED) is 0.767. The van der Waals surface area contributed by atoms with E-state index < -0.39 is 6.10 Å². The van der Waals surface area contributed by atoms with E-state index >= 15 is 0 Å². The Hall–Kier alpha value is -1.52. The molecular formula is C20H32NO3+. The molecule has 1 aromatic rings. The molecule has 4 heteroatoms. The summed E-state index contributed by atoms with van der Waals surface area (Å²) in [5.74, 6) is 1.38. The van der Waals surface area contributed by atoms with E-state index in [2.05, 4.69) is 7.05 Å². The number of benzene rings is 1. The van der Waals surface area contributed by atoms with Crippen molar-refractivity contribution in [3.63, 3.8) is 0 Å². The predicted octanol–water partition coefficient (Wildman–Crippen LogP) is 2.32. The highest BCUT2D eigenvalue weighted by Crippen LogP contribution is 2.28. The van der Waals surface area contributed by atoms with Crippen molar-refractivity contribution in [3.8, 4) is 11.5 Å². The lowest BCUT2D eigenvalue weighted by molar-refractivity contribution is -0.910. The van der Waals surface area contributed by atoms with E-state index in [9.17, 15) is 5.11 Å². The number of nitrogens with one attached hydrogen (secondary N) is 1. The average molecular weight is 334 g/mol. The predicted molar refractivity (Wildman–Crippen MR) is 97.8 cm³/mol. The van der Waals surface area contributed by atoms with Crippen LogP contribution in [0.4, 0.5) is 0 Å². The van der Waals surface area contributed by atoms with Crippen molar-refractivity contribution in [1.29, 1.82) is 0 Å². The van der Waals surface area contributed by atoms with Crippen LogP contribution in [0.2, 0.25) is 0 Å². The van der Waals surface area contributed by atoms with Gasteiger partial charge in [-0.25, -0.2) is 0 Å². The summed E-state index contributed by atoms with van der Waals surface area (Å²) < 4.78 is 11.2. The summed E-state index contributed by atoms with van der Waals surface area (Å²) in [5, 5.41) is 10.3. The Morgan fingerprint density at radius 1 is 1.25 bits per heavy atom. The monoisotopic (exact) mass is 334 g/mol. The second kappa shape index (κ2) is 9.70. The van der Waals surface area contributed by atoms with Gasteiger partial charge in [-0.05, 0) is 50.3 Å². The molecule has 2 atom stereocenters. The average Bonchev–Trinajstić information content (AvgIpc) is 2.61. The van der Waals surface area contributed by atoms with Crippen LogP contribution in [0.3, 0.4) is 0 Å². The molecule has 1 aliphatic carbocycles. The van der Waals surface area contributed by atoms with Crippen molar-refractivity contribution in [3.05, 3.63) is 29.8 Å². The van der Waals surface area contributed by atoms with E-state index in [4.69, 9.17) is 9.47 Å². The zero-order valence-electron chi connectivity index (χ0n) is 15.3. The minimum absolute atomic E-state index is 0.295. The number of aliphatic hydroxyl groups is 1. The Morgan fingerprint density at radius 3 is 2.67 bits per heavy atom. The largest absolute Gasteiger partial charge is 0.493 e. The molecule has 134 valence electrons. The van der Waals surface area contributed by atoms with Crippen molar-refractivity contribution in [1.82, 2.24) is 0 Å². The molecule has 2 rings (SSSR count). The maximum atomic E-state index is 10.3. The van der Waals surface area contributed by atoms with Crippen LogP contribution in [0, 0.1) is 0 Å². The van der Waals surface area contributed by atoms with Crippen LogP contribution in [0.25, 0.3) is 6.08 Å². The van der Waals surface area contributed by atoms with Crippen LogP contribution >= 0.6 is 0 Å². The van der Waals surface area contributed by atoms with Crippen molar-refractivity contribution < 1.29 is 19.5 Å². The number of allylic oxidation sites excluding steroid dienone is 1. The third-order valence-electron chi connectivity index (χ3n) is 4.84. The summed E-state index contributed by atoms with van der Waals surface area (Å²) in [6.45, 7) is 3.01. The van der Waals surface area contributed by atoms with Crippen molar-refractivity contribution in [2.24, 2.45) is 0 Å². The molecule has 1 saturated carbocycles. The van der Waals surface area contributed by atoms with Gasteiger partial charge < -0.3 is 19.5 Å². The minimum atomic E-state index is -0.466. The van der Waals surface area contributed by atoms with Crippen LogP contribution < -0.4 is 14.4 Å². The fourth-order valence-electron chi connectivity index (χ4n) is 3.48. The molecule has 0 bridgehead atoms. The third-order valence-corrected chi connectivity index (χ3v) is 4.84. The van der Waals surface area contributed by atoms with Crippen molar-refractivity contribution >= 4 is 6.08 Å². The van der Waals surface area contributed by atoms with E-state index in [1.165, 1.54) is 37.0 Å². The van der Waals surface area contributed by atoms with Crippen LogP contribution in [-0.4, -0.2) is 44.6 Å². The first-order valence-electron chi connectivity index (χ1n) is 9.08. The van der Waals surface area contributed by atoms with Crippen molar-refractivity contribution in [2.75, 3.05) is 27.3 Å². The van der Waals surface area contributed by atoms with E-state index in [1.54, 1.807) is 7.11 Å². The van der Waals surface area contributed by atoms with Gasteiger partial charge in [-0.15, -0.1) is 0 Å². The van der Waals surface area contributed by atoms with Crippen LogP contribution in [0.15, 0.2) is 24.3 Å². The Labute approximate surface area is 146 Å². The maximum Gasteiger partial charge on any atom is 0.161 e. The molecule has 0 radical (unpaired) electrons. The Kier molecular flexibility index (Phi) is 7.60. The topological polar surface area (TPSA) is 43.1 Å². The Morgan fingerprint density at radius 2 is 2.00 bits per heavy atom. The van der Waals surface area contributed by atoms with Gasteiger partial charge in [-0.2, -0.15) is 0 Å². The van der Waals surface area contributed by atoms with E-state index in [-0.39, 0.29) is 0 Å². The number of ether oxygens (including phenoxy) is 2. The van der Waals surface area contributed by atoms with Crippen molar-refractivity contribution in [2.45, 2.75) is 51.2 Å². The summed E-state index contributed by atoms with van der Waals surface area (Å²) in [6, 6.07) is 6.52. The number of rotatable bonds is 8. The van der Waals surface area contributed by atoms with Gasteiger partial charge in [-0.1, -0.05) is 24.6 Å². The van der Waals surface area contributed by atoms with Gasteiger partial charge in [0.25, 0.3) is 0 Å². The molecule has 0 saturated heterocycles. The summed E-state index contributed by atoms with van der Waals surface area (Å²) >= 11 is 0. The van der Waals surface area contributed by atoms with E-state index in [0.717, 1.165) is 12.1 Å². The molecule has 1 fully saturated rings. The lowest BCUT2D eigenvalue weighted by Gasteiger charge is -2.29. The first kappa shape index (κ1) is 18.8. The first-order chi connectivity index (χ1) is 11.6. The zero-order valence-corrected chi connectivity index (χ0v) is 15.3. The summed E-state index contributed by atoms with van der Waals surface area (Å²) in [4.78, 5) is 1.42. The fraction of sp³-hybridized carbons (Fsp3) is 0.600. The Bertz CT molecular complexity index is 524. The van der Waals surface area contributed by atoms with Gasteiger partial charge in [0.1, 0.15) is 19.3 Å². The molecule has 4 nitrogen and oxygen atoms in total. The second-order valence-corrected chi connectivity index (χ2v) is 6.76. The molecule has 1 unspecified atom stereocenters. The molecule has 2 N–H and O–H groups in total. The molecule has 0 aromatic heterocycles. The van der Waals surface area contributed by atoms with Gasteiger partial charge >= 0.3 is 0 Å². The lowest BCUT2D eigenvalue weighted by atomic mass is 9.94. The Balaban J connectivity index is 1.85. The SMILES string of the molecule is C/C=C/c1ccc(OC[C@H](O)C[NH+](C)C2CCCCC2)c(OC)c1. The summed E-state index contributed by atoms with van der Waals surface area (Å²) in [7, 11) is 3.82. The number of aliphatic hydroxyl groups excluding tert-OH is 1. The van der Waals surface area contributed by atoms with Gasteiger partial charge in [0, 0.05) is 0 Å². The highest BCUT2D eigenvalue weighted by atomic mass is 16.5. The van der Waals surface area contributed by atoms with Gasteiger partial charge in [-0.3, -0.25) is 0 Å². The standard InChI is InChI=1S/C20H31NO3/c1-4-8-16-11-12-19(20(13-16)23-3)24-15-18(22)14-21(2)17-9-6-5-7-10-17/h4,8,11-13,17-18,22H,5-7,9-10,14-15H2,1-3H3/p+1/b8-4+/t18-/m1/s1. The van der Waals surface area contributed by atoms with Gasteiger partial charge in [0.05, 0.1) is 20.2 Å². The molecule has 0 amide bonds. The number of likely N-dealkylation sites (N-methyl/N-ethyl adjacent to an activating group) is 1. The molecule has 0 heterocycles. The van der Waals surface area contributed by atoms with E-state index in [0.29, 0.717) is 24.1 Å². The first-order valence-corrected chi connectivity index (χ1v) is 9.08. The number of hydrogen-bond donors (Lipinski definition) is 2. The molecular weight excluding hydrogens is 302 g/mol. The molecule has 0 aliphatic heterocycles. The molecule has 24 heavy (non-hydrogen) atoms. The zero-order chi connectivity index (χ0) is 17.4. The number of methoxy groups -OCH3 is 1. The van der Waals surface area contributed by atoms with E-state index in [1.807, 2.05) is 37.3 Å². The number of quaternary nitrogens is 1. The summed E-state index contributed by atoms with van der Waals surface area (Å²) in [6.07, 6.45) is 10.1. The normalized spacial score (nSPS) is 18.5. The fourth-order valence-corrected chi connectivity index (χ4v) is 3.48. The minimum Gasteiger partial charge on any atom is -0.493 e. The van der Waals surface area contributed by atoms with Crippen LogP contribution in [-0.2, 0) is 0 Å². The van der Waals surface area contributed by atoms with Gasteiger partial charge in [0.2, 0.25) is 0 Å². The molecule has 0 spiro atoms. The summed E-state index contributed by atoms with van der Waals surface area (Å²) in [5.41, 5.74) is 1.07. The van der Waals surface area contributed by atoms with Crippen LogP contribution in [0.1, 0.15) is 44.6 Å². The highest BCUT2D eigenvalue weighted by Gasteiger charge is 2.23. The van der Waals surface area contributed by atoms with Crippen LogP contribution in [0.5, 0.6) is 11.5 Å².